The van der Waals surface area contributed by atoms with Gasteiger partial charge in [-0.3, -0.25) is 0 Å². The summed E-state index contributed by atoms with van der Waals surface area (Å²) in [6.07, 6.45) is 0. The zero-order chi connectivity index (χ0) is 13.5. The van der Waals surface area contributed by atoms with Gasteiger partial charge in [-0.1, -0.05) is 0 Å². The molecule has 2 N–H and O–H groups in total. The second-order valence-electron chi connectivity index (χ2n) is 3.40. The molecule has 0 saturated carbocycles. The molecule has 0 aliphatic heterocycles. The molecule has 0 aromatic heterocycles. The van der Waals surface area contributed by atoms with Gasteiger partial charge in [-0.25, -0.2) is 4.79 Å². The molecule has 0 heterocycles. The Morgan fingerprint density at radius 2 is 1.72 bits per heavy atom. The van der Waals surface area contributed by atoms with Crippen molar-refractivity contribution >= 4 is 5.97 Å². The lowest BCUT2D eigenvalue weighted by Gasteiger charge is -2.15. The van der Waals surface area contributed by atoms with E-state index < -0.39 is 5.97 Å². The number of carbonyl (C=O) groups is 1. The van der Waals surface area contributed by atoms with Crippen LogP contribution in [0.2, 0.25) is 0 Å². The van der Waals surface area contributed by atoms with Crippen molar-refractivity contribution in [2.45, 2.75) is 6.54 Å². The Labute approximate surface area is 106 Å². The molecule has 0 aliphatic rings. The van der Waals surface area contributed by atoms with Crippen LogP contribution in [0.15, 0.2) is 12.1 Å². The number of carbonyl (C=O) groups excluding carboxylic acids is 1. The second kappa shape index (κ2) is 6.70. The highest BCUT2D eigenvalue weighted by atomic mass is 16.6. The summed E-state index contributed by atoms with van der Waals surface area (Å²) in [6, 6.07) is 3.46. The number of methoxy groups -OCH3 is 3. The monoisotopic (exact) mass is 255 g/mol. The van der Waals surface area contributed by atoms with Crippen LogP contribution in [0.5, 0.6) is 17.2 Å². The van der Waals surface area contributed by atoms with Crippen molar-refractivity contribution in [3.05, 3.63) is 17.7 Å². The molecule has 1 rings (SSSR count). The Balaban J connectivity index is 3.03. The second-order valence-corrected chi connectivity index (χ2v) is 3.40. The van der Waals surface area contributed by atoms with E-state index >= 15 is 0 Å². The Morgan fingerprint density at radius 1 is 1.17 bits per heavy atom. The fourth-order valence-electron chi connectivity index (χ4n) is 1.38. The third kappa shape index (κ3) is 3.27. The SMILES string of the molecule is COC(=O)COc1c(OC)cc(CN)cc1OC. The van der Waals surface area contributed by atoms with Crippen LogP contribution in [0.4, 0.5) is 0 Å². The van der Waals surface area contributed by atoms with Gasteiger partial charge in [0.25, 0.3) is 0 Å². The lowest BCUT2D eigenvalue weighted by Crippen LogP contribution is -2.13. The average Bonchev–Trinajstić information content (AvgIpc) is 2.43. The number of ether oxygens (including phenoxy) is 4. The van der Waals surface area contributed by atoms with Crippen LogP contribution in [-0.4, -0.2) is 33.9 Å². The predicted molar refractivity (Wildman–Crippen MR) is 64.9 cm³/mol. The van der Waals surface area contributed by atoms with Crippen LogP contribution < -0.4 is 19.9 Å². The summed E-state index contributed by atoms with van der Waals surface area (Å²) in [7, 11) is 4.29. The molecule has 0 bridgehead atoms. The van der Waals surface area contributed by atoms with Crippen molar-refractivity contribution in [3.8, 4) is 17.2 Å². The lowest BCUT2D eigenvalue weighted by molar-refractivity contribution is -0.142. The van der Waals surface area contributed by atoms with Gasteiger partial charge in [-0.2, -0.15) is 0 Å². The van der Waals surface area contributed by atoms with Crippen LogP contribution in [0.3, 0.4) is 0 Å². The van der Waals surface area contributed by atoms with Crippen LogP contribution >= 0.6 is 0 Å². The summed E-state index contributed by atoms with van der Waals surface area (Å²) in [6.45, 7) is 0.134. The molecule has 1 aromatic rings. The first kappa shape index (κ1) is 14.1. The maximum absolute atomic E-state index is 11.1. The van der Waals surface area contributed by atoms with Crippen molar-refractivity contribution < 1.29 is 23.7 Å². The van der Waals surface area contributed by atoms with Gasteiger partial charge in [0.15, 0.2) is 18.1 Å². The molecular weight excluding hydrogens is 238 g/mol. The maximum atomic E-state index is 11.1. The molecule has 0 radical (unpaired) electrons. The summed E-state index contributed by atoms with van der Waals surface area (Å²) in [5.41, 5.74) is 6.41. The molecule has 6 nitrogen and oxygen atoms in total. The quantitative estimate of drug-likeness (QED) is 0.754. The summed E-state index contributed by atoms with van der Waals surface area (Å²) < 4.78 is 20.2. The minimum atomic E-state index is -0.484. The Kier molecular flexibility index (Phi) is 5.26. The molecule has 0 fully saturated rings. The van der Waals surface area contributed by atoms with Crippen LogP contribution in [0, 0.1) is 0 Å². The lowest BCUT2D eigenvalue weighted by atomic mass is 10.2. The fraction of sp³-hybridized carbons (Fsp3) is 0.417. The zero-order valence-electron chi connectivity index (χ0n) is 10.7. The van der Waals surface area contributed by atoms with Gasteiger partial charge in [0.2, 0.25) is 5.75 Å². The fourth-order valence-corrected chi connectivity index (χ4v) is 1.38. The molecule has 0 unspecified atom stereocenters. The van der Waals surface area contributed by atoms with Crippen LogP contribution in [0.1, 0.15) is 5.56 Å². The smallest absolute Gasteiger partial charge is 0.343 e. The van der Waals surface area contributed by atoms with Crippen molar-refractivity contribution in [2.24, 2.45) is 5.73 Å². The van der Waals surface area contributed by atoms with E-state index in [9.17, 15) is 4.79 Å². The van der Waals surface area contributed by atoms with Crippen molar-refractivity contribution in [1.82, 2.24) is 0 Å². The molecule has 6 heteroatoms. The molecule has 18 heavy (non-hydrogen) atoms. The minimum Gasteiger partial charge on any atom is -0.493 e. The largest absolute Gasteiger partial charge is 0.493 e. The summed E-state index contributed by atoms with van der Waals surface area (Å²) in [5, 5.41) is 0. The molecule has 1 aromatic carbocycles. The van der Waals surface area contributed by atoms with E-state index in [0.717, 1.165) is 5.56 Å². The van der Waals surface area contributed by atoms with Gasteiger partial charge in [0.1, 0.15) is 0 Å². The van der Waals surface area contributed by atoms with Crippen molar-refractivity contribution in [3.63, 3.8) is 0 Å². The van der Waals surface area contributed by atoms with E-state index in [-0.39, 0.29) is 6.61 Å². The molecular formula is C12H17NO5. The molecule has 0 amide bonds. The summed E-state index contributed by atoms with van der Waals surface area (Å²) in [5.74, 6) is 0.780. The molecule has 0 aliphatic carbocycles. The van der Waals surface area contributed by atoms with E-state index in [1.54, 1.807) is 12.1 Å². The number of benzene rings is 1. The third-order valence-corrected chi connectivity index (χ3v) is 2.32. The van der Waals surface area contributed by atoms with Crippen molar-refractivity contribution in [1.29, 1.82) is 0 Å². The highest BCUT2D eigenvalue weighted by molar-refractivity contribution is 5.71. The van der Waals surface area contributed by atoms with Gasteiger partial charge < -0.3 is 24.7 Å². The topological polar surface area (TPSA) is 80.0 Å². The number of nitrogens with two attached hydrogens (primary N) is 1. The molecule has 0 saturated heterocycles. The number of hydrogen-bond acceptors (Lipinski definition) is 6. The van der Waals surface area contributed by atoms with Gasteiger partial charge >= 0.3 is 5.97 Å². The van der Waals surface area contributed by atoms with Crippen LogP contribution in [0.25, 0.3) is 0 Å². The third-order valence-electron chi connectivity index (χ3n) is 2.32. The maximum Gasteiger partial charge on any atom is 0.343 e. The number of rotatable bonds is 6. The zero-order valence-corrected chi connectivity index (χ0v) is 10.7. The van der Waals surface area contributed by atoms with Gasteiger partial charge in [0, 0.05) is 6.54 Å². The number of hydrogen-bond donors (Lipinski definition) is 1. The minimum absolute atomic E-state index is 0.217. The van der Waals surface area contributed by atoms with E-state index in [1.807, 2.05) is 0 Å². The highest BCUT2D eigenvalue weighted by Crippen LogP contribution is 2.38. The Morgan fingerprint density at radius 3 is 2.11 bits per heavy atom. The van der Waals surface area contributed by atoms with Gasteiger partial charge in [0.05, 0.1) is 21.3 Å². The average molecular weight is 255 g/mol. The summed E-state index contributed by atoms with van der Waals surface area (Å²) in [4.78, 5) is 11.1. The Bertz CT molecular complexity index is 394. The highest BCUT2D eigenvalue weighted by Gasteiger charge is 2.15. The van der Waals surface area contributed by atoms with Gasteiger partial charge in [-0.15, -0.1) is 0 Å². The van der Waals surface area contributed by atoms with Gasteiger partial charge in [-0.05, 0) is 17.7 Å². The summed E-state index contributed by atoms with van der Waals surface area (Å²) >= 11 is 0. The molecule has 100 valence electrons. The van der Waals surface area contributed by atoms with E-state index in [4.69, 9.17) is 19.9 Å². The van der Waals surface area contributed by atoms with E-state index in [1.165, 1.54) is 21.3 Å². The normalized spacial score (nSPS) is 9.78. The first-order valence-corrected chi connectivity index (χ1v) is 5.30. The molecule has 0 spiro atoms. The molecule has 0 atom stereocenters. The van der Waals surface area contributed by atoms with Crippen LogP contribution in [-0.2, 0) is 16.1 Å². The van der Waals surface area contributed by atoms with Crippen molar-refractivity contribution in [2.75, 3.05) is 27.9 Å². The standard InChI is InChI=1S/C12H17NO5/c1-15-9-4-8(6-13)5-10(16-2)12(9)18-7-11(14)17-3/h4-5H,6-7,13H2,1-3H3. The number of esters is 1. The first-order chi connectivity index (χ1) is 8.65. The first-order valence-electron chi connectivity index (χ1n) is 5.30. The Hall–Kier alpha value is -1.95. The van der Waals surface area contributed by atoms with E-state index in [2.05, 4.69) is 4.74 Å². The van der Waals surface area contributed by atoms with E-state index in [0.29, 0.717) is 23.8 Å². The predicted octanol–water partition coefficient (Wildman–Crippen LogP) is 0.714.